The normalized spacial score (nSPS) is 21.9. The molecule has 0 amide bonds. The molecule has 0 aromatic heterocycles. The van der Waals surface area contributed by atoms with E-state index < -0.39 is 7.12 Å². The van der Waals surface area contributed by atoms with Crippen LogP contribution in [-0.4, -0.2) is 18.3 Å². The number of benzene rings is 1. The van der Waals surface area contributed by atoms with Crippen LogP contribution in [0.15, 0.2) is 18.2 Å². The summed E-state index contributed by atoms with van der Waals surface area (Å²) in [6.07, 6.45) is 0. The third-order valence-corrected chi connectivity index (χ3v) is 4.03. The number of hydrogen-bond acceptors (Lipinski definition) is 2. The van der Waals surface area contributed by atoms with Crippen LogP contribution in [0.3, 0.4) is 0 Å². The van der Waals surface area contributed by atoms with Crippen molar-refractivity contribution in [3.05, 3.63) is 28.2 Å². The lowest BCUT2D eigenvalue weighted by atomic mass is 9.79. The number of halogens is 2. The van der Waals surface area contributed by atoms with E-state index in [2.05, 4.69) is 0 Å². The average molecular weight is 273 g/mol. The van der Waals surface area contributed by atoms with E-state index in [4.69, 9.17) is 32.5 Å². The van der Waals surface area contributed by atoms with Gasteiger partial charge in [-0.15, -0.1) is 0 Å². The maximum atomic E-state index is 6.15. The van der Waals surface area contributed by atoms with Crippen LogP contribution in [0.5, 0.6) is 0 Å². The van der Waals surface area contributed by atoms with E-state index >= 15 is 0 Å². The first kappa shape index (κ1) is 13.2. The second kappa shape index (κ2) is 4.16. The van der Waals surface area contributed by atoms with E-state index in [1.807, 2.05) is 33.8 Å². The summed E-state index contributed by atoms with van der Waals surface area (Å²) in [5, 5.41) is 1.17. The molecule has 1 saturated heterocycles. The Balaban J connectivity index is 2.32. The standard InChI is InChI=1S/C12H15BCl2O2/c1-11(2)12(3,4)17-13(16-11)9-6-5-8(14)7-10(9)15/h5-7H,1-4H3. The van der Waals surface area contributed by atoms with E-state index in [9.17, 15) is 0 Å². The molecule has 92 valence electrons. The first-order chi connectivity index (χ1) is 7.73. The molecule has 1 aromatic carbocycles. The van der Waals surface area contributed by atoms with Crippen LogP contribution in [-0.2, 0) is 9.31 Å². The molecule has 1 aliphatic rings. The maximum Gasteiger partial charge on any atom is 0.496 e. The Labute approximate surface area is 112 Å². The van der Waals surface area contributed by atoms with Gasteiger partial charge in [-0.3, -0.25) is 0 Å². The molecule has 0 spiro atoms. The largest absolute Gasteiger partial charge is 0.496 e. The van der Waals surface area contributed by atoms with Gasteiger partial charge in [0.05, 0.1) is 11.2 Å². The molecular weight excluding hydrogens is 258 g/mol. The van der Waals surface area contributed by atoms with Gasteiger partial charge in [0.15, 0.2) is 0 Å². The van der Waals surface area contributed by atoms with Gasteiger partial charge >= 0.3 is 7.12 Å². The highest BCUT2D eigenvalue weighted by atomic mass is 35.5. The Hall–Kier alpha value is -0.215. The molecule has 0 atom stereocenters. The molecule has 0 unspecified atom stereocenters. The smallest absolute Gasteiger partial charge is 0.399 e. The topological polar surface area (TPSA) is 18.5 Å². The molecule has 0 N–H and O–H groups in total. The van der Waals surface area contributed by atoms with Crippen molar-refractivity contribution in [1.82, 2.24) is 0 Å². The molecular formula is C12H15BCl2O2. The van der Waals surface area contributed by atoms with Crippen molar-refractivity contribution in [2.75, 3.05) is 0 Å². The van der Waals surface area contributed by atoms with E-state index in [1.54, 1.807) is 12.1 Å². The molecule has 2 nitrogen and oxygen atoms in total. The van der Waals surface area contributed by atoms with E-state index in [0.29, 0.717) is 10.0 Å². The molecule has 17 heavy (non-hydrogen) atoms. The second-order valence-electron chi connectivity index (χ2n) is 5.25. The fourth-order valence-electron chi connectivity index (χ4n) is 1.66. The summed E-state index contributed by atoms with van der Waals surface area (Å²) in [4.78, 5) is 0. The number of rotatable bonds is 1. The van der Waals surface area contributed by atoms with Crippen molar-refractivity contribution >= 4 is 35.8 Å². The van der Waals surface area contributed by atoms with Crippen molar-refractivity contribution in [2.24, 2.45) is 0 Å². The zero-order valence-corrected chi connectivity index (χ0v) is 11.9. The Morgan fingerprint density at radius 3 is 2.00 bits per heavy atom. The first-order valence-corrected chi connectivity index (χ1v) is 6.29. The van der Waals surface area contributed by atoms with E-state index in [0.717, 1.165) is 5.46 Å². The van der Waals surface area contributed by atoms with Gasteiger partial charge in [0.1, 0.15) is 0 Å². The van der Waals surface area contributed by atoms with Gasteiger partial charge < -0.3 is 9.31 Å². The van der Waals surface area contributed by atoms with Crippen molar-refractivity contribution in [3.63, 3.8) is 0 Å². The van der Waals surface area contributed by atoms with Crippen molar-refractivity contribution in [1.29, 1.82) is 0 Å². The van der Waals surface area contributed by atoms with Crippen LogP contribution in [0.1, 0.15) is 27.7 Å². The minimum Gasteiger partial charge on any atom is -0.399 e. The third kappa shape index (κ3) is 2.34. The van der Waals surface area contributed by atoms with Gasteiger partial charge in [-0.25, -0.2) is 0 Å². The van der Waals surface area contributed by atoms with Gasteiger partial charge in [-0.1, -0.05) is 29.3 Å². The lowest BCUT2D eigenvalue weighted by molar-refractivity contribution is 0.00578. The summed E-state index contributed by atoms with van der Waals surface area (Å²) in [5.41, 5.74) is 0.0936. The molecule has 1 fully saturated rings. The highest BCUT2D eigenvalue weighted by molar-refractivity contribution is 6.65. The highest BCUT2D eigenvalue weighted by Gasteiger charge is 2.52. The van der Waals surface area contributed by atoms with Crippen molar-refractivity contribution in [2.45, 2.75) is 38.9 Å². The van der Waals surface area contributed by atoms with Gasteiger partial charge in [0.2, 0.25) is 0 Å². The Morgan fingerprint density at radius 1 is 1.00 bits per heavy atom. The predicted octanol–water partition coefficient (Wildman–Crippen LogP) is 3.29. The zero-order valence-electron chi connectivity index (χ0n) is 10.4. The zero-order chi connectivity index (χ0) is 12.8. The molecule has 1 heterocycles. The molecule has 1 aliphatic heterocycles. The summed E-state index contributed by atoms with van der Waals surface area (Å²) in [7, 11) is -0.440. The molecule has 5 heteroatoms. The Morgan fingerprint density at radius 2 is 1.53 bits per heavy atom. The van der Waals surface area contributed by atoms with Gasteiger partial charge in [-0.2, -0.15) is 0 Å². The third-order valence-electron chi connectivity index (χ3n) is 3.47. The summed E-state index contributed by atoms with van der Waals surface area (Å²) in [5.74, 6) is 0. The minimum absolute atomic E-state index is 0.360. The van der Waals surface area contributed by atoms with Gasteiger partial charge in [0, 0.05) is 15.5 Å². The van der Waals surface area contributed by atoms with Gasteiger partial charge in [0.25, 0.3) is 0 Å². The summed E-state index contributed by atoms with van der Waals surface area (Å²) in [6, 6.07) is 5.32. The quantitative estimate of drug-likeness (QED) is 0.731. The predicted molar refractivity (Wildman–Crippen MR) is 72.2 cm³/mol. The van der Waals surface area contributed by atoms with E-state index in [-0.39, 0.29) is 11.2 Å². The molecule has 0 aliphatic carbocycles. The van der Waals surface area contributed by atoms with Crippen molar-refractivity contribution in [3.8, 4) is 0 Å². The molecule has 0 saturated carbocycles. The number of hydrogen-bond donors (Lipinski definition) is 0. The van der Waals surface area contributed by atoms with Crippen LogP contribution >= 0.6 is 23.2 Å². The Bertz CT molecular complexity index is 430. The summed E-state index contributed by atoms with van der Waals surface area (Å²) >= 11 is 12.0. The summed E-state index contributed by atoms with van der Waals surface area (Å²) in [6.45, 7) is 8.04. The van der Waals surface area contributed by atoms with E-state index in [1.165, 1.54) is 0 Å². The lowest BCUT2D eigenvalue weighted by Gasteiger charge is -2.32. The van der Waals surface area contributed by atoms with Crippen LogP contribution in [0.25, 0.3) is 0 Å². The second-order valence-corrected chi connectivity index (χ2v) is 6.10. The average Bonchev–Trinajstić information content (AvgIpc) is 2.35. The van der Waals surface area contributed by atoms with Crippen LogP contribution in [0.4, 0.5) is 0 Å². The molecule has 2 rings (SSSR count). The van der Waals surface area contributed by atoms with Crippen LogP contribution in [0.2, 0.25) is 10.0 Å². The highest BCUT2D eigenvalue weighted by Crippen LogP contribution is 2.37. The van der Waals surface area contributed by atoms with Gasteiger partial charge in [-0.05, 0) is 39.8 Å². The molecule has 0 bridgehead atoms. The fraction of sp³-hybridized carbons (Fsp3) is 0.500. The van der Waals surface area contributed by atoms with Crippen LogP contribution < -0.4 is 5.46 Å². The maximum absolute atomic E-state index is 6.15. The molecule has 1 aromatic rings. The van der Waals surface area contributed by atoms with Crippen molar-refractivity contribution < 1.29 is 9.31 Å². The lowest BCUT2D eigenvalue weighted by Crippen LogP contribution is -2.41. The molecule has 0 radical (unpaired) electrons. The monoisotopic (exact) mass is 272 g/mol. The first-order valence-electron chi connectivity index (χ1n) is 5.53. The summed E-state index contributed by atoms with van der Waals surface area (Å²) < 4.78 is 11.8. The fourth-order valence-corrected chi connectivity index (χ4v) is 2.16. The van der Waals surface area contributed by atoms with Crippen LogP contribution in [0, 0.1) is 0 Å². The SMILES string of the molecule is CC1(C)OB(c2ccc(Cl)cc2Cl)OC1(C)C. The minimum atomic E-state index is -0.440. The Kier molecular flexibility index (Phi) is 3.24.